The first-order valence-electron chi connectivity index (χ1n) is 4.51. The molecule has 0 aromatic heterocycles. The number of imide groups is 1. The molecular weight excluding hydrogens is 226 g/mol. The zero-order chi connectivity index (χ0) is 11.8. The molecule has 2 N–H and O–H groups in total. The summed E-state index contributed by atoms with van der Waals surface area (Å²) in [5.41, 5.74) is 3.01. The Bertz CT molecular complexity index is 392. The van der Waals surface area contributed by atoms with Gasteiger partial charge in [-0.15, -0.1) is 0 Å². The summed E-state index contributed by atoms with van der Waals surface area (Å²) in [5, 5.41) is 5.70. The van der Waals surface area contributed by atoms with Gasteiger partial charge in [0, 0.05) is 0 Å². The van der Waals surface area contributed by atoms with Crippen molar-refractivity contribution < 1.29 is 9.59 Å². The Morgan fingerprint density at radius 3 is 2.62 bits per heavy atom. The second kappa shape index (κ2) is 6.62. The maximum atomic E-state index is 11.0. The lowest BCUT2D eigenvalue weighted by Gasteiger charge is -1.99. The highest BCUT2D eigenvalue weighted by Gasteiger charge is 2.02. The number of amides is 3. The van der Waals surface area contributed by atoms with Crippen LogP contribution in [0.1, 0.15) is 5.56 Å². The van der Waals surface area contributed by atoms with Crippen LogP contribution in [0.5, 0.6) is 0 Å². The molecule has 0 unspecified atom stereocenters. The van der Waals surface area contributed by atoms with Gasteiger partial charge in [0.2, 0.25) is 5.91 Å². The minimum absolute atomic E-state index is 0.0458. The summed E-state index contributed by atoms with van der Waals surface area (Å²) in [7, 11) is 0. The third kappa shape index (κ3) is 4.61. The van der Waals surface area contributed by atoms with Crippen molar-refractivity contribution in [2.75, 3.05) is 5.75 Å². The van der Waals surface area contributed by atoms with Crippen LogP contribution >= 0.6 is 12.6 Å². The van der Waals surface area contributed by atoms with Crippen molar-refractivity contribution in [3.8, 4) is 0 Å². The van der Waals surface area contributed by atoms with Crippen LogP contribution in [0.4, 0.5) is 4.79 Å². The Kier molecular flexibility index (Phi) is 5.07. The fourth-order valence-corrected chi connectivity index (χ4v) is 0.978. The fraction of sp³-hybridized carbons (Fsp3) is 0.100. The van der Waals surface area contributed by atoms with Crippen LogP contribution in [0.2, 0.25) is 0 Å². The molecule has 0 saturated heterocycles. The van der Waals surface area contributed by atoms with Gasteiger partial charge in [-0.2, -0.15) is 17.7 Å². The van der Waals surface area contributed by atoms with Crippen molar-refractivity contribution in [3.63, 3.8) is 0 Å². The van der Waals surface area contributed by atoms with E-state index in [4.69, 9.17) is 0 Å². The number of nitrogens with one attached hydrogen (secondary N) is 2. The summed E-state index contributed by atoms with van der Waals surface area (Å²) >= 11 is 3.71. The van der Waals surface area contributed by atoms with E-state index < -0.39 is 11.9 Å². The van der Waals surface area contributed by atoms with Gasteiger partial charge in [-0.3, -0.25) is 10.1 Å². The van der Waals surface area contributed by atoms with Crippen LogP contribution in [0.3, 0.4) is 0 Å². The first kappa shape index (κ1) is 12.3. The van der Waals surface area contributed by atoms with Crippen molar-refractivity contribution >= 4 is 30.8 Å². The van der Waals surface area contributed by atoms with Crippen LogP contribution in [0.25, 0.3) is 0 Å². The molecule has 3 amide bonds. The Labute approximate surface area is 98.3 Å². The number of rotatable bonds is 3. The molecular formula is C10H11N3O2S. The average molecular weight is 237 g/mol. The molecule has 0 atom stereocenters. The molecule has 0 radical (unpaired) electrons. The molecule has 0 heterocycles. The van der Waals surface area contributed by atoms with Crippen LogP contribution in [-0.2, 0) is 4.79 Å². The molecule has 16 heavy (non-hydrogen) atoms. The normalized spacial score (nSPS) is 10.1. The number of nitrogens with zero attached hydrogens (tertiary/aromatic N) is 1. The average Bonchev–Trinajstić information content (AvgIpc) is 2.30. The van der Waals surface area contributed by atoms with E-state index >= 15 is 0 Å². The molecule has 0 fully saturated rings. The fourth-order valence-electron chi connectivity index (χ4n) is 0.899. The van der Waals surface area contributed by atoms with Crippen LogP contribution < -0.4 is 10.7 Å². The summed E-state index contributed by atoms with van der Waals surface area (Å²) in [6.07, 6.45) is 1.48. The van der Waals surface area contributed by atoms with Crippen molar-refractivity contribution in [2.24, 2.45) is 5.10 Å². The molecule has 0 saturated carbocycles. The highest BCUT2D eigenvalue weighted by atomic mass is 32.1. The van der Waals surface area contributed by atoms with Gasteiger partial charge in [-0.05, 0) is 5.56 Å². The minimum atomic E-state index is -0.675. The lowest BCUT2D eigenvalue weighted by Crippen LogP contribution is -2.37. The van der Waals surface area contributed by atoms with Gasteiger partial charge in [-0.1, -0.05) is 30.3 Å². The third-order valence-corrected chi connectivity index (χ3v) is 1.86. The van der Waals surface area contributed by atoms with E-state index in [2.05, 4.69) is 23.2 Å². The monoisotopic (exact) mass is 237 g/mol. The number of hydrazone groups is 1. The van der Waals surface area contributed by atoms with Gasteiger partial charge in [-0.25, -0.2) is 10.2 Å². The number of thiol groups is 1. The Morgan fingerprint density at radius 1 is 1.31 bits per heavy atom. The lowest BCUT2D eigenvalue weighted by molar-refractivity contribution is -0.117. The SMILES string of the molecule is O=C(CS)NC(=O)NN=Cc1ccccc1. The summed E-state index contributed by atoms with van der Waals surface area (Å²) in [4.78, 5) is 21.8. The standard InChI is InChI=1S/C10H11N3O2S/c14-9(7-16)12-10(15)13-11-6-8-4-2-1-3-5-8/h1-6,16H,7H2,(H2,12,13,14,15). The molecule has 1 rings (SSSR count). The Hall–Kier alpha value is -1.82. The summed E-state index contributed by atoms with van der Waals surface area (Å²) in [6.45, 7) is 0. The molecule has 0 aliphatic carbocycles. The summed E-state index contributed by atoms with van der Waals surface area (Å²) < 4.78 is 0. The maximum Gasteiger partial charge on any atom is 0.341 e. The number of hydrogen-bond donors (Lipinski definition) is 3. The van der Waals surface area contributed by atoms with Crippen LogP contribution in [-0.4, -0.2) is 23.9 Å². The summed E-state index contributed by atoms with van der Waals surface area (Å²) in [5.74, 6) is -0.522. The van der Waals surface area contributed by atoms with Crippen molar-refractivity contribution in [2.45, 2.75) is 0 Å². The van der Waals surface area contributed by atoms with Gasteiger partial charge in [0.1, 0.15) is 0 Å². The van der Waals surface area contributed by atoms with E-state index in [-0.39, 0.29) is 5.75 Å². The first-order chi connectivity index (χ1) is 7.72. The lowest BCUT2D eigenvalue weighted by atomic mass is 10.2. The van der Waals surface area contributed by atoms with Crippen molar-refractivity contribution in [3.05, 3.63) is 35.9 Å². The molecule has 6 heteroatoms. The number of hydrogen-bond acceptors (Lipinski definition) is 4. The van der Waals surface area contributed by atoms with Gasteiger partial charge in [0.15, 0.2) is 0 Å². The van der Waals surface area contributed by atoms with Gasteiger partial charge in [0.05, 0.1) is 12.0 Å². The first-order valence-corrected chi connectivity index (χ1v) is 5.14. The predicted molar refractivity (Wildman–Crippen MR) is 64.6 cm³/mol. The van der Waals surface area contributed by atoms with E-state index in [1.807, 2.05) is 35.6 Å². The molecule has 1 aromatic carbocycles. The highest BCUT2D eigenvalue weighted by Crippen LogP contribution is 1.92. The zero-order valence-electron chi connectivity index (χ0n) is 8.38. The molecule has 1 aromatic rings. The number of benzene rings is 1. The largest absolute Gasteiger partial charge is 0.341 e. The van der Waals surface area contributed by atoms with Crippen molar-refractivity contribution in [1.82, 2.24) is 10.7 Å². The minimum Gasteiger partial charge on any atom is -0.276 e. The van der Waals surface area contributed by atoms with Crippen LogP contribution in [0, 0.1) is 0 Å². The molecule has 84 valence electrons. The zero-order valence-corrected chi connectivity index (χ0v) is 9.28. The predicted octanol–water partition coefficient (Wildman–Crippen LogP) is 0.776. The van der Waals surface area contributed by atoms with E-state index in [1.165, 1.54) is 6.21 Å². The quantitative estimate of drug-likeness (QED) is 0.413. The molecule has 0 aliphatic heterocycles. The maximum absolute atomic E-state index is 11.0. The van der Waals surface area contributed by atoms with Crippen LogP contribution in [0.15, 0.2) is 35.4 Å². The third-order valence-electron chi connectivity index (χ3n) is 1.58. The van der Waals surface area contributed by atoms with E-state index in [0.29, 0.717) is 0 Å². The second-order valence-electron chi connectivity index (χ2n) is 2.82. The molecule has 5 nitrogen and oxygen atoms in total. The number of carbonyl (C=O) groups excluding carboxylic acids is 2. The molecule has 0 aliphatic rings. The molecule has 0 bridgehead atoms. The van der Waals surface area contributed by atoms with Crippen molar-refractivity contribution in [1.29, 1.82) is 0 Å². The number of carbonyl (C=O) groups is 2. The van der Waals surface area contributed by atoms with Gasteiger partial charge < -0.3 is 0 Å². The topological polar surface area (TPSA) is 70.6 Å². The second-order valence-corrected chi connectivity index (χ2v) is 3.13. The Balaban J connectivity index is 2.37. The smallest absolute Gasteiger partial charge is 0.276 e. The van der Waals surface area contributed by atoms with E-state index in [0.717, 1.165) is 5.56 Å². The highest BCUT2D eigenvalue weighted by molar-refractivity contribution is 7.81. The summed E-state index contributed by atoms with van der Waals surface area (Å²) in [6, 6.07) is 8.58. The van der Waals surface area contributed by atoms with Gasteiger partial charge >= 0.3 is 6.03 Å². The van der Waals surface area contributed by atoms with Gasteiger partial charge in [0.25, 0.3) is 0 Å². The van der Waals surface area contributed by atoms with E-state index in [9.17, 15) is 9.59 Å². The molecule has 0 spiro atoms. The Morgan fingerprint density at radius 2 is 2.00 bits per heavy atom. The van der Waals surface area contributed by atoms with E-state index in [1.54, 1.807) is 0 Å². The number of urea groups is 1.